The van der Waals surface area contributed by atoms with Gasteiger partial charge in [-0.1, -0.05) is 39.0 Å². The Morgan fingerprint density at radius 2 is 1.52 bits per heavy atom. The first kappa shape index (κ1) is 20.5. The predicted octanol–water partition coefficient (Wildman–Crippen LogP) is 4.80. The van der Waals surface area contributed by atoms with E-state index in [9.17, 15) is 25.0 Å². The van der Waals surface area contributed by atoms with E-state index in [-0.39, 0.29) is 11.7 Å². The van der Waals surface area contributed by atoms with E-state index in [1.54, 1.807) is 6.92 Å². The summed E-state index contributed by atoms with van der Waals surface area (Å²) < 4.78 is 5.25. The summed E-state index contributed by atoms with van der Waals surface area (Å²) in [6.07, 6.45) is 7.07. The van der Waals surface area contributed by atoms with Gasteiger partial charge in [0.2, 0.25) is 0 Å². The molecule has 0 amide bonds. The van der Waals surface area contributed by atoms with E-state index in [4.69, 9.17) is 4.74 Å². The van der Waals surface area contributed by atoms with Crippen LogP contribution < -0.4 is 0 Å². The Labute approximate surface area is 146 Å². The highest BCUT2D eigenvalue weighted by Crippen LogP contribution is 2.23. The van der Waals surface area contributed by atoms with Crippen molar-refractivity contribution < 1.29 is 19.4 Å². The molecule has 138 valence electrons. The predicted molar refractivity (Wildman–Crippen MR) is 92.6 cm³/mol. The summed E-state index contributed by atoms with van der Waals surface area (Å²) in [5, 5.41) is 21.7. The number of esters is 1. The van der Waals surface area contributed by atoms with Crippen molar-refractivity contribution in [3.05, 3.63) is 44.0 Å². The third-order valence-corrected chi connectivity index (χ3v) is 3.83. The van der Waals surface area contributed by atoms with E-state index in [2.05, 4.69) is 6.92 Å². The van der Waals surface area contributed by atoms with Crippen LogP contribution in [-0.2, 0) is 4.74 Å². The topological polar surface area (TPSA) is 113 Å². The van der Waals surface area contributed by atoms with Crippen LogP contribution in [0.3, 0.4) is 0 Å². The zero-order valence-electron chi connectivity index (χ0n) is 14.6. The minimum absolute atomic E-state index is 0.185. The molecule has 25 heavy (non-hydrogen) atoms. The maximum absolute atomic E-state index is 12.1. The number of carbonyl (C=O) groups is 1. The summed E-state index contributed by atoms with van der Waals surface area (Å²) >= 11 is 0. The average molecular weight is 352 g/mol. The molecule has 1 atom stereocenters. The summed E-state index contributed by atoms with van der Waals surface area (Å²) in [5.74, 6) is -0.787. The van der Waals surface area contributed by atoms with Crippen LogP contribution in [-0.4, -0.2) is 21.9 Å². The van der Waals surface area contributed by atoms with Crippen LogP contribution in [0.4, 0.5) is 11.4 Å². The Balaban J connectivity index is 2.61. The highest BCUT2D eigenvalue weighted by molar-refractivity contribution is 5.91. The molecule has 8 nitrogen and oxygen atoms in total. The number of nitro benzene ring substituents is 2. The van der Waals surface area contributed by atoms with Gasteiger partial charge in [0.15, 0.2) is 0 Å². The molecule has 0 aliphatic rings. The monoisotopic (exact) mass is 352 g/mol. The number of hydrogen-bond acceptors (Lipinski definition) is 6. The first-order chi connectivity index (χ1) is 11.8. The molecule has 1 rings (SSSR count). The summed E-state index contributed by atoms with van der Waals surface area (Å²) in [6, 6.07) is 2.80. The molecule has 8 heteroatoms. The number of hydrogen-bond donors (Lipinski definition) is 0. The van der Waals surface area contributed by atoms with E-state index in [0.717, 1.165) is 37.5 Å². The largest absolute Gasteiger partial charge is 0.459 e. The molecule has 0 aliphatic heterocycles. The SMILES string of the molecule is CCCCCCCC[C@@H](C)OC(=O)c1cc([N+](=O)[O-])cc([N+](=O)[O-])c1. The standard InChI is InChI=1S/C17H24N2O6/c1-3-4-5-6-7-8-9-13(2)25-17(20)14-10-15(18(21)22)12-16(11-14)19(23)24/h10-13H,3-9H2,1-2H3/t13-/m1/s1. The molecule has 0 fully saturated rings. The van der Waals surface area contributed by atoms with Crippen LogP contribution in [0.5, 0.6) is 0 Å². The van der Waals surface area contributed by atoms with Crippen LogP contribution in [0.1, 0.15) is 69.2 Å². The van der Waals surface area contributed by atoms with Crippen molar-refractivity contribution in [2.45, 2.75) is 64.9 Å². The molecule has 0 spiro atoms. The molecule has 0 heterocycles. The molecule has 0 N–H and O–H groups in total. The van der Waals surface area contributed by atoms with Gasteiger partial charge in [0, 0.05) is 12.1 Å². The minimum atomic E-state index is -0.787. The number of nitrogens with zero attached hydrogens (tertiary/aromatic N) is 2. The lowest BCUT2D eigenvalue weighted by molar-refractivity contribution is -0.394. The van der Waals surface area contributed by atoms with E-state index < -0.39 is 27.2 Å². The van der Waals surface area contributed by atoms with Gasteiger partial charge in [0.1, 0.15) is 0 Å². The first-order valence-corrected chi connectivity index (χ1v) is 8.50. The number of nitro groups is 2. The Morgan fingerprint density at radius 3 is 2.04 bits per heavy atom. The summed E-state index contributed by atoms with van der Waals surface area (Å²) in [6.45, 7) is 3.90. The van der Waals surface area contributed by atoms with Crippen LogP contribution >= 0.6 is 0 Å². The molecule has 1 aromatic rings. The Bertz CT molecular complexity index is 585. The smallest absolute Gasteiger partial charge is 0.338 e. The molecule has 0 radical (unpaired) electrons. The van der Waals surface area contributed by atoms with Crippen molar-refractivity contribution in [1.29, 1.82) is 0 Å². The second-order valence-corrected chi connectivity index (χ2v) is 6.02. The van der Waals surface area contributed by atoms with Gasteiger partial charge in [-0.3, -0.25) is 20.2 Å². The summed E-state index contributed by atoms with van der Waals surface area (Å²) in [7, 11) is 0. The van der Waals surface area contributed by atoms with Crippen molar-refractivity contribution in [3.63, 3.8) is 0 Å². The molecule has 0 saturated heterocycles. The van der Waals surface area contributed by atoms with Crippen molar-refractivity contribution >= 4 is 17.3 Å². The van der Waals surface area contributed by atoms with Gasteiger partial charge >= 0.3 is 5.97 Å². The van der Waals surface area contributed by atoms with Crippen LogP contribution in [0.2, 0.25) is 0 Å². The van der Waals surface area contributed by atoms with E-state index in [1.165, 1.54) is 19.3 Å². The number of ether oxygens (including phenoxy) is 1. The van der Waals surface area contributed by atoms with Gasteiger partial charge in [-0.15, -0.1) is 0 Å². The Kier molecular flexibility index (Phi) is 8.52. The second kappa shape index (κ2) is 10.4. The number of benzene rings is 1. The zero-order chi connectivity index (χ0) is 18.8. The third kappa shape index (κ3) is 7.28. The van der Waals surface area contributed by atoms with Crippen LogP contribution in [0, 0.1) is 20.2 Å². The Hall–Kier alpha value is -2.51. The fourth-order valence-corrected chi connectivity index (χ4v) is 2.45. The maximum Gasteiger partial charge on any atom is 0.338 e. The van der Waals surface area contributed by atoms with E-state index in [0.29, 0.717) is 6.42 Å². The molecule has 1 aromatic carbocycles. The highest BCUT2D eigenvalue weighted by atomic mass is 16.6. The number of carbonyl (C=O) groups excluding carboxylic acids is 1. The van der Waals surface area contributed by atoms with Crippen LogP contribution in [0.15, 0.2) is 18.2 Å². The van der Waals surface area contributed by atoms with E-state index >= 15 is 0 Å². The highest BCUT2D eigenvalue weighted by Gasteiger charge is 2.21. The van der Waals surface area contributed by atoms with Crippen molar-refractivity contribution in [2.75, 3.05) is 0 Å². The van der Waals surface area contributed by atoms with Crippen LogP contribution in [0.25, 0.3) is 0 Å². The lowest BCUT2D eigenvalue weighted by atomic mass is 10.1. The number of rotatable bonds is 11. The zero-order valence-corrected chi connectivity index (χ0v) is 14.6. The minimum Gasteiger partial charge on any atom is -0.459 e. The van der Waals surface area contributed by atoms with Crippen molar-refractivity contribution in [3.8, 4) is 0 Å². The quantitative estimate of drug-likeness (QED) is 0.245. The van der Waals surface area contributed by atoms with Gasteiger partial charge < -0.3 is 4.74 Å². The fourth-order valence-electron chi connectivity index (χ4n) is 2.45. The summed E-state index contributed by atoms with van der Waals surface area (Å²) in [5.41, 5.74) is -1.20. The maximum atomic E-state index is 12.1. The number of unbranched alkanes of at least 4 members (excludes halogenated alkanes) is 5. The normalized spacial score (nSPS) is 11.8. The fraction of sp³-hybridized carbons (Fsp3) is 0.588. The molecule has 0 unspecified atom stereocenters. The molecule has 0 saturated carbocycles. The molecule has 0 aliphatic carbocycles. The molecular formula is C17H24N2O6. The van der Waals surface area contributed by atoms with Crippen molar-refractivity contribution in [1.82, 2.24) is 0 Å². The first-order valence-electron chi connectivity index (χ1n) is 8.50. The van der Waals surface area contributed by atoms with Crippen molar-refractivity contribution in [2.24, 2.45) is 0 Å². The lowest BCUT2D eigenvalue weighted by Crippen LogP contribution is -2.15. The van der Waals surface area contributed by atoms with Gasteiger partial charge in [0.05, 0.1) is 27.6 Å². The molecular weight excluding hydrogens is 328 g/mol. The molecule has 0 bridgehead atoms. The lowest BCUT2D eigenvalue weighted by Gasteiger charge is -2.13. The van der Waals surface area contributed by atoms with Gasteiger partial charge in [-0.25, -0.2) is 4.79 Å². The van der Waals surface area contributed by atoms with Gasteiger partial charge in [-0.05, 0) is 19.8 Å². The Morgan fingerprint density at radius 1 is 1.00 bits per heavy atom. The molecule has 0 aromatic heterocycles. The van der Waals surface area contributed by atoms with Gasteiger partial charge in [0.25, 0.3) is 11.4 Å². The average Bonchev–Trinajstić information content (AvgIpc) is 2.57. The third-order valence-electron chi connectivity index (χ3n) is 3.83. The second-order valence-electron chi connectivity index (χ2n) is 6.02. The number of non-ortho nitro benzene ring substituents is 2. The van der Waals surface area contributed by atoms with E-state index in [1.807, 2.05) is 0 Å². The summed E-state index contributed by atoms with van der Waals surface area (Å²) in [4.78, 5) is 32.3. The van der Waals surface area contributed by atoms with Gasteiger partial charge in [-0.2, -0.15) is 0 Å².